The molecule has 116 valence electrons. The summed E-state index contributed by atoms with van der Waals surface area (Å²) in [7, 11) is 0. The summed E-state index contributed by atoms with van der Waals surface area (Å²) in [6, 6.07) is 0.0483. The highest BCUT2D eigenvalue weighted by molar-refractivity contribution is 6.33. The van der Waals surface area contributed by atoms with Gasteiger partial charge < -0.3 is 14.0 Å². The molecule has 5 atom stereocenters. The molecule has 1 saturated heterocycles. The fourth-order valence-corrected chi connectivity index (χ4v) is 4.31. The Bertz CT molecular complexity index is 794. The molecule has 3 heterocycles. The lowest BCUT2D eigenvalue weighted by atomic mass is 10.1. The Morgan fingerprint density at radius 2 is 2.05 bits per heavy atom. The van der Waals surface area contributed by atoms with Crippen molar-refractivity contribution >= 4 is 22.8 Å². The molecule has 0 amide bonds. The van der Waals surface area contributed by atoms with Crippen LogP contribution in [0.2, 0.25) is 5.15 Å². The van der Waals surface area contributed by atoms with Crippen molar-refractivity contribution in [3.63, 3.8) is 0 Å². The highest BCUT2D eigenvalue weighted by Gasteiger charge is 2.66. The Labute approximate surface area is 130 Å². The van der Waals surface area contributed by atoms with Gasteiger partial charge in [0.25, 0.3) is 0 Å². The zero-order chi connectivity index (χ0) is 15.2. The minimum atomic E-state index is -0.843. The van der Waals surface area contributed by atoms with Gasteiger partial charge in [0.2, 0.25) is 0 Å². The summed E-state index contributed by atoms with van der Waals surface area (Å²) in [5.41, 5.74) is 0.837. The van der Waals surface area contributed by atoms with Crippen molar-refractivity contribution in [1.82, 2.24) is 19.5 Å². The molecule has 0 aromatic carbocycles. The number of halogens is 2. The molecule has 3 fully saturated rings. The number of imidazole rings is 1. The maximum atomic E-state index is 13.5. The summed E-state index contributed by atoms with van der Waals surface area (Å²) in [4.78, 5) is 11.7. The first-order valence-electron chi connectivity index (χ1n) is 7.36. The van der Waals surface area contributed by atoms with Crippen molar-refractivity contribution in [2.75, 3.05) is 0 Å². The topological polar surface area (TPSA) is 62.1 Å². The third kappa shape index (κ3) is 1.64. The quantitative estimate of drug-likeness (QED) is 0.595. The molecule has 0 radical (unpaired) electrons. The first-order valence-corrected chi connectivity index (χ1v) is 7.73. The predicted molar refractivity (Wildman–Crippen MR) is 74.8 cm³/mol. The van der Waals surface area contributed by atoms with E-state index in [4.69, 9.17) is 21.1 Å². The number of ether oxygens (including phenoxy) is 2. The maximum absolute atomic E-state index is 13.5. The number of rotatable bonds is 1. The van der Waals surface area contributed by atoms with Crippen LogP contribution in [0.3, 0.4) is 0 Å². The summed E-state index contributed by atoms with van der Waals surface area (Å²) in [5, 5.41) is 0.0343. The van der Waals surface area contributed by atoms with E-state index in [1.165, 1.54) is 0 Å². The zero-order valence-corrected chi connectivity index (χ0v) is 12.8. The van der Waals surface area contributed by atoms with Gasteiger partial charge in [-0.25, -0.2) is 4.98 Å². The molecule has 2 aliphatic carbocycles. The van der Waals surface area contributed by atoms with E-state index in [-0.39, 0.29) is 23.4 Å². The minimum absolute atomic E-state index is 0.0343. The average molecular weight is 325 g/mol. The smallest absolute Gasteiger partial charge is 0.312 e. The van der Waals surface area contributed by atoms with Crippen LogP contribution >= 0.6 is 11.6 Å². The van der Waals surface area contributed by atoms with E-state index in [0.29, 0.717) is 23.0 Å². The molecule has 22 heavy (non-hydrogen) atoms. The van der Waals surface area contributed by atoms with E-state index >= 15 is 0 Å². The summed E-state index contributed by atoms with van der Waals surface area (Å²) < 4.78 is 27.5. The molecule has 2 saturated carbocycles. The SMILES string of the molecule is CC1(C)O[C@@H]2[C@@H]3C[C@@H]3[C@@H](n3cnc4c(Cl)nc(F)nc43)[C@@H]2O1. The Balaban J connectivity index is 1.63. The lowest BCUT2D eigenvalue weighted by Gasteiger charge is -2.24. The molecule has 2 aromatic rings. The Morgan fingerprint density at radius 3 is 2.86 bits per heavy atom. The second-order valence-corrected chi connectivity index (χ2v) is 7.08. The average Bonchev–Trinajstić information content (AvgIpc) is 2.84. The number of aromatic nitrogens is 4. The summed E-state index contributed by atoms with van der Waals surface area (Å²) >= 11 is 5.96. The van der Waals surface area contributed by atoms with E-state index < -0.39 is 11.9 Å². The van der Waals surface area contributed by atoms with Crippen LogP contribution in [-0.2, 0) is 9.47 Å². The molecule has 8 heteroatoms. The first-order chi connectivity index (χ1) is 10.4. The van der Waals surface area contributed by atoms with Crippen LogP contribution in [0.25, 0.3) is 11.2 Å². The molecule has 1 aliphatic heterocycles. The van der Waals surface area contributed by atoms with E-state index in [0.717, 1.165) is 6.42 Å². The monoisotopic (exact) mass is 324 g/mol. The Kier molecular flexibility index (Phi) is 2.37. The van der Waals surface area contributed by atoms with E-state index in [9.17, 15) is 4.39 Å². The van der Waals surface area contributed by atoms with Gasteiger partial charge in [-0.3, -0.25) is 0 Å². The molecule has 0 unspecified atom stereocenters. The van der Waals surface area contributed by atoms with E-state index in [1.54, 1.807) is 6.33 Å². The Morgan fingerprint density at radius 1 is 1.27 bits per heavy atom. The summed E-state index contributed by atoms with van der Waals surface area (Å²) in [6.07, 6.45) is 1.93. The van der Waals surface area contributed by atoms with Gasteiger partial charge in [-0.1, -0.05) is 11.6 Å². The van der Waals surface area contributed by atoms with Crippen LogP contribution in [0.5, 0.6) is 0 Å². The molecular weight excluding hydrogens is 311 g/mol. The van der Waals surface area contributed by atoms with Crippen LogP contribution in [0.1, 0.15) is 26.3 Å². The lowest BCUT2D eigenvalue weighted by molar-refractivity contribution is -0.156. The van der Waals surface area contributed by atoms with Gasteiger partial charge >= 0.3 is 6.08 Å². The van der Waals surface area contributed by atoms with Crippen molar-refractivity contribution in [3.8, 4) is 0 Å². The highest BCUT2D eigenvalue weighted by atomic mass is 35.5. The van der Waals surface area contributed by atoms with E-state index in [2.05, 4.69) is 15.0 Å². The van der Waals surface area contributed by atoms with Crippen LogP contribution in [0.4, 0.5) is 4.39 Å². The van der Waals surface area contributed by atoms with E-state index in [1.807, 2.05) is 18.4 Å². The first kappa shape index (κ1) is 13.2. The normalized spacial score (nSPS) is 38.3. The second-order valence-electron chi connectivity index (χ2n) is 6.73. The number of fused-ring (bicyclic) bond motifs is 4. The number of hydrogen-bond donors (Lipinski definition) is 0. The predicted octanol–water partition coefficient (Wildman–Crippen LogP) is 2.33. The van der Waals surface area contributed by atoms with Gasteiger partial charge in [-0.2, -0.15) is 14.4 Å². The number of nitrogens with zero attached hydrogens (tertiary/aromatic N) is 4. The standard InChI is InChI=1S/C14H14ClFN4O2/c1-14(2)21-9-6-3-5(6)8(10(9)22-14)20-4-17-7-11(15)18-13(16)19-12(7)20/h4-6,8-10H,3H2,1-2H3/t5-,6+,8+,9+,10-/m0/s1. The zero-order valence-electron chi connectivity index (χ0n) is 12.0. The second kappa shape index (κ2) is 3.96. The van der Waals surface area contributed by atoms with Crippen molar-refractivity contribution in [3.05, 3.63) is 17.6 Å². The molecule has 0 spiro atoms. The largest absolute Gasteiger partial charge is 0.344 e. The molecule has 5 rings (SSSR count). The van der Waals surface area contributed by atoms with Crippen molar-refractivity contribution in [2.24, 2.45) is 11.8 Å². The fraction of sp³-hybridized carbons (Fsp3) is 0.643. The summed E-state index contributed by atoms with van der Waals surface area (Å²) in [6.45, 7) is 3.84. The summed E-state index contributed by atoms with van der Waals surface area (Å²) in [5.74, 6) is 0.367. The van der Waals surface area contributed by atoms with Gasteiger partial charge in [-0.15, -0.1) is 0 Å². The van der Waals surface area contributed by atoms with Crippen molar-refractivity contribution in [2.45, 2.75) is 44.3 Å². The van der Waals surface area contributed by atoms with Gasteiger partial charge in [0.05, 0.1) is 18.5 Å². The van der Waals surface area contributed by atoms with Gasteiger partial charge in [-0.05, 0) is 32.1 Å². The minimum Gasteiger partial charge on any atom is -0.344 e. The maximum Gasteiger partial charge on any atom is 0.312 e. The van der Waals surface area contributed by atoms with Crippen LogP contribution in [0, 0.1) is 17.9 Å². The van der Waals surface area contributed by atoms with Gasteiger partial charge in [0.1, 0.15) is 11.6 Å². The molecule has 0 bridgehead atoms. The molecular formula is C14H14ClFN4O2. The van der Waals surface area contributed by atoms with Crippen LogP contribution in [0.15, 0.2) is 6.33 Å². The highest BCUT2D eigenvalue weighted by Crippen LogP contribution is 2.63. The molecule has 6 nitrogen and oxygen atoms in total. The molecule has 2 aromatic heterocycles. The van der Waals surface area contributed by atoms with Crippen molar-refractivity contribution in [1.29, 1.82) is 0 Å². The Hall–Kier alpha value is -1.31. The van der Waals surface area contributed by atoms with Crippen LogP contribution in [-0.4, -0.2) is 37.5 Å². The van der Waals surface area contributed by atoms with Gasteiger partial charge in [0, 0.05) is 0 Å². The molecule has 0 N–H and O–H groups in total. The van der Waals surface area contributed by atoms with Crippen LogP contribution < -0.4 is 0 Å². The third-order valence-corrected chi connectivity index (χ3v) is 5.19. The molecule has 3 aliphatic rings. The van der Waals surface area contributed by atoms with Gasteiger partial charge in [0.15, 0.2) is 16.6 Å². The van der Waals surface area contributed by atoms with Crippen molar-refractivity contribution < 1.29 is 13.9 Å². The lowest BCUT2D eigenvalue weighted by Crippen LogP contribution is -2.30. The fourth-order valence-electron chi connectivity index (χ4n) is 4.10. The number of hydrogen-bond acceptors (Lipinski definition) is 5. The third-order valence-electron chi connectivity index (χ3n) is 4.92.